The first kappa shape index (κ1) is 19.1. The van der Waals surface area contributed by atoms with Crippen LogP contribution in [-0.4, -0.2) is 57.6 Å². The third kappa shape index (κ3) is 4.27. The molecule has 0 aliphatic carbocycles. The van der Waals surface area contributed by atoms with Crippen LogP contribution in [0.3, 0.4) is 0 Å². The number of hydrogen-bond acceptors (Lipinski definition) is 4. The van der Waals surface area contributed by atoms with Crippen molar-refractivity contribution in [1.29, 1.82) is 0 Å². The van der Waals surface area contributed by atoms with Crippen molar-refractivity contribution < 1.29 is 15.0 Å². The van der Waals surface area contributed by atoms with E-state index in [1.165, 1.54) is 4.90 Å². The van der Waals surface area contributed by atoms with Crippen LogP contribution in [0, 0.1) is 5.41 Å². The number of hydrogen-bond donors (Lipinski definition) is 2. The van der Waals surface area contributed by atoms with Crippen LogP contribution in [0.15, 0.2) is 36.4 Å². The van der Waals surface area contributed by atoms with Gasteiger partial charge < -0.3 is 15.1 Å². The van der Waals surface area contributed by atoms with Gasteiger partial charge in [-0.15, -0.1) is 0 Å². The van der Waals surface area contributed by atoms with E-state index in [1.807, 2.05) is 36.4 Å². The highest BCUT2D eigenvalue weighted by molar-refractivity contribution is 5.92. The molecule has 0 fully saturated rings. The zero-order valence-electron chi connectivity index (χ0n) is 15.3. The second kappa shape index (κ2) is 7.80. The maximum absolute atomic E-state index is 12.8. The van der Waals surface area contributed by atoms with Gasteiger partial charge in [0.25, 0.3) is 5.91 Å². The number of aromatic nitrogens is 2. The van der Waals surface area contributed by atoms with Gasteiger partial charge in [-0.1, -0.05) is 39.0 Å². The van der Waals surface area contributed by atoms with Crippen LogP contribution in [0.2, 0.25) is 0 Å². The summed E-state index contributed by atoms with van der Waals surface area (Å²) >= 11 is 0. The largest absolute Gasteiger partial charge is 0.396 e. The quantitative estimate of drug-likeness (QED) is 0.805. The molecule has 0 aliphatic rings. The average molecular weight is 345 g/mol. The zero-order chi connectivity index (χ0) is 18.6. The molecule has 0 spiro atoms. The van der Waals surface area contributed by atoms with Gasteiger partial charge in [-0.3, -0.25) is 4.79 Å². The Kier molecular flexibility index (Phi) is 5.98. The van der Waals surface area contributed by atoms with E-state index >= 15 is 0 Å². The fourth-order valence-electron chi connectivity index (χ4n) is 2.68. The van der Waals surface area contributed by atoms with Crippen molar-refractivity contribution in [2.24, 2.45) is 5.41 Å². The molecule has 0 bridgehead atoms. The smallest absolute Gasteiger partial charge is 0.274 e. The molecule has 0 aliphatic heterocycles. The Labute approximate surface area is 148 Å². The number of carbonyl (C=O) groups is 1. The van der Waals surface area contributed by atoms with E-state index in [2.05, 4.69) is 18.9 Å². The summed E-state index contributed by atoms with van der Waals surface area (Å²) in [7, 11) is 1.66. The summed E-state index contributed by atoms with van der Waals surface area (Å²) in [5, 5.41) is 23.4. The minimum absolute atomic E-state index is 0.198. The van der Waals surface area contributed by atoms with Gasteiger partial charge in [-0.2, -0.15) is 5.10 Å². The third-order valence-corrected chi connectivity index (χ3v) is 4.28. The maximum atomic E-state index is 12.8. The number of amides is 1. The molecule has 0 radical (unpaired) electrons. The molecule has 2 rings (SSSR count). The summed E-state index contributed by atoms with van der Waals surface area (Å²) in [6, 6.07) is 11.5. The predicted octanol–water partition coefficient (Wildman–Crippen LogP) is 2.06. The standard InChI is InChI=1S/C19H27N3O3/c1-14(2)17-10-16(20-22(17)15-8-6-5-7-9-15)18(25)21(4)11-19(3,12-23)13-24/h5-10,14,23-24H,11-13H2,1-4H3. The lowest BCUT2D eigenvalue weighted by atomic mass is 9.92. The van der Waals surface area contributed by atoms with Crippen LogP contribution in [0.5, 0.6) is 0 Å². The fraction of sp³-hybridized carbons (Fsp3) is 0.474. The van der Waals surface area contributed by atoms with Crippen LogP contribution in [0.25, 0.3) is 5.69 Å². The molecule has 0 atom stereocenters. The van der Waals surface area contributed by atoms with Gasteiger partial charge in [0.2, 0.25) is 0 Å². The summed E-state index contributed by atoms with van der Waals surface area (Å²) in [4.78, 5) is 14.3. The van der Waals surface area contributed by atoms with Gasteiger partial charge in [-0.25, -0.2) is 4.68 Å². The van der Waals surface area contributed by atoms with Crippen LogP contribution >= 0.6 is 0 Å². The second-order valence-corrected chi connectivity index (χ2v) is 7.14. The Balaban J connectivity index is 2.32. The topological polar surface area (TPSA) is 78.6 Å². The molecule has 2 aromatic rings. The van der Waals surface area contributed by atoms with Crippen molar-refractivity contribution in [2.45, 2.75) is 26.7 Å². The van der Waals surface area contributed by atoms with E-state index in [9.17, 15) is 15.0 Å². The van der Waals surface area contributed by atoms with E-state index in [1.54, 1.807) is 18.7 Å². The van der Waals surface area contributed by atoms with Gasteiger partial charge in [0.15, 0.2) is 5.69 Å². The van der Waals surface area contributed by atoms with Gasteiger partial charge >= 0.3 is 0 Å². The Morgan fingerprint density at radius 2 is 1.84 bits per heavy atom. The van der Waals surface area contributed by atoms with E-state index < -0.39 is 5.41 Å². The molecule has 1 heterocycles. The predicted molar refractivity (Wildman–Crippen MR) is 96.9 cm³/mol. The van der Waals surface area contributed by atoms with Crippen molar-refractivity contribution in [1.82, 2.24) is 14.7 Å². The van der Waals surface area contributed by atoms with Crippen molar-refractivity contribution in [3.05, 3.63) is 47.8 Å². The van der Waals surface area contributed by atoms with Crippen LogP contribution in [-0.2, 0) is 0 Å². The summed E-state index contributed by atoms with van der Waals surface area (Å²) in [5.41, 5.74) is 1.47. The van der Waals surface area contributed by atoms with E-state index in [4.69, 9.17) is 0 Å². The third-order valence-electron chi connectivity index (χ3n) is 4.28. The van der Waals surface area contributed by atoms with Crippen molar-refractivity contribution in [2.75, 3.05) is 26.8 Å². The molecule has 0 unspecified atom stereocenters. The zero-order valence-corrected chi connectivity index (χ0v) is 15.3. The number of benzene rings is 1. The number of rotatable bonds is 7. The van der Waals surface area contributed by atoms with E-state index in [0.29, 0.717) is 5.69 Å². The molecule has 1 aromatic heterocycles. The Morgan fingerprint density at radius 1 is 1.24 bits per heavy atom. The SMILES string of the molecule is CC(C)c1cc(C(=O)N(C)CC(C)(CO)CO)nn1-c1ccccc1. The molecule has 0 saturated heterocycles. The molecule has 136 valence electrons. The second-order valence-electron chi connectivity index (χ2n) is 7.14. The number of aliphatic hydroxyl groups excluding tert-OH is 2. The summed E-state index contributed by atoms with van der Waals surface area (Å²) in [5.74, 6) is -0.0237. The van der Waals surface area contributed by atoms with E-state index in [-0.39, 0.29) is 31.6 Å². The monoisotopic (exact) mass is 345 g/mol. The molecule has 1 aromatic carbocycles. The van der Waals surface area contributed by atoms with E-state index in [0.717, 1.165) is 11.4 Å². The van der Waals surface area contributed by atoms with Crippen molar-refractivity contribution in [3.8, 4) is 5.69 Å². The summed E-state index contributed by atoms with van der Waals surface area (Å²) in [6.07, 6.45) is 0. The number of nitrogens with zero attached hydrogens (tertiary/aromatic N) is 3. The Morgan fingerprint density at radius 3 is 2.36 bits per heavy atom. The average Bonchev–Trinajstić information content (AvgIpc) is 3.07. The van der Waals surface area contributed by atoms with Gasteiger partial charge in [0, 0.05) is 24.7 Å². The van der Waals surface area contributed by atoms with Gasteiger partial charge in [0.05, 0.1) is 18.9 Å². The Hall–Kier alpha value is -2.18. The fourth-order valence-corrected chi connectivity index (χ4v) is 2.68. The first-order valence-corrected chi connectivity index (χ1v) is 8.44. The van der Waals surface area contributed by atoms with Gasteiger partial charge in [-0.05, 0) is 24.1 Å². The highest BCUT2D eigenvalue weighted by Crippen LogP contribution is 2.22. The summed E-state index contributed by atoms with van der Waals surface area (Å²) in [6.45, 7) is 5.70. The Bertz CT molecular complexity index is 706. The van der Waals surface area contributed by atoms with Gasteiger partial charge in [0.1, 0.15) is 0 Å². The number of carbonyl (C=O) groups excluding carboxylic acids is 1. The maximum Gasteiger partial charge on any atom is 0.274 e. The first-order chi connectivity index (χ1) is 11.8. The highest BCUT2D eigenvalue weighted by atomic mass is 16.3. The molecule has 1 amide bonds. The van der Waals surface area contributed by atoms with Crippen LogP contribution in [0.4, 0.5) is 0 Å². The molecular formula is C19H27N3O3. The van der Waals surface area contributed by atoms with Crippen molar-refractivity contribution >= 4 is 5.91 Å². The lowest BCUT2D eigenvalue weighted by molar-refractivity contribution is 0.0363. The minimum Gasteiger partial charge on any atom is -0.396 e. The van der Waals surface area contributed by atoms with Crippen LogP contribution < -0.4 is 0 Å². The van der Waals surface area contributed by atoms with Crippen LogP contribution in [0.1, 0.15) is 42.9 Å². The molecule has 6 heteroatoms. The first-order valence-electron chi connectivity index (χ1n) is 8.44. The molecule has 2 N–H and O–H groups in total. The number of para-hydroxylation sites is 1. The molecular weight excluding hydrogens is 318 g/mol. The van der Waals surface area contributed by atoms with Crippen molar-refractivity contribution in [3.63, 3.8) is 0 Å². The molecule has 25 heavy (non-hydrogen) atoms. The minimum atomic E-state index is -0.743. The number of aliphatic hydroxyl groups is 2. The molecule has 0 saturated carbocycles. The lowest BCUT2D eigenvalue weighted by Crippen LogP contribution is -2.41. The summed E-state index contributed by atoms with van der Waals surface area (Å²) < 4.78 is 1.79. The normalized spacial score (nSPS) is 11.8. The molecule has 6 nitrogen and oxygen atoms in total. The lowest BCUT2D eigenvalue weighted by Gasteiger charge is -2.29. The highest BCUT2D eigenvalue weighted by Gasteiger charge is 2.28.